The lowest BCUT2D eigenvalue weighted by molar-refractivity contribution is 0.0364. The Labute approximate surface area is 234 Å². The molecule has 3 aromatic rings. The van der Waals surface area contributed by atoms with Crippen molar-refractivity contribution in [3.8, 4) is 11.5 Å². The number of anilines is 1. The Balaban J connectivity index is 1.43. The lowest BCUT2D eigenvalue weighted by atomic mass is 9.84. The van der Waals surface area contributed by atoms with E-state index >= 15 is 0 Å². The lowest BCUT2D eigenvalue weighted by Crippen LogP contribution is -2.43. The number of aryl methyl sites for hydroxylation is 1. The van der Waals surface area contributed by atoms with Gasteiger partial charge in [0, 0.05) is 27.9 Å². The molecule has 2 aliphatic rings. The van der Waals surface area contributed by atoms with E-state index < -0.39 is 0 Å². The van der Waals surface area contributed by atoms with Crippen LogP contribution < -0.4 is 20.5 Å². The Morgan fingerprint density at radius 1 is 1.24 bits per heavy atom. The third-order valence-corrected chi connectivity index (χ3v) is 8.67. The average molecular weight is 606 g/mol. The fraction of sp³-hybridized carbons (Fsp3) is 0.538. The summed E-state index contributed by atoms with van der Waals surface area (Å²) in [6, 6.07) is 3.83. The molecular formula is C26H33BrN6O4S. The number of benzene rings is 1. The zero-order valence-corrected chi connectivity index (χ0v) is 24.2. The molecule has 1 amide bonds. The summed E-state index contributed by atoms with van der Waals surface area (Å²) >= 11 is 5.12. The first-order valence-corrected chi connectivity index (χ1v) is 14.5. The van der Waals surface area contributed by atoms with Crippen LogP contribution in [0.3, 0.4) is 0 Å². The molecule has 1 unspecified atom stereocenters. The Morgan fingerprint density at radius 2 is 1.97 bits per heavy atom. The lowest BCUT2D eigenvalue weighted by Gasteiger charge is -2.31. The molecule has 10 nitrogen and oxygen atoms in total. The second kappa shape index (κ2) is 11.2. The smallest absolute Gasteiger partial charge is 0.407 e. The number of fused-ring (bicyclic) bond motifs is 2. The second-order valence-electron chi connectivity index (χ2n) is 10.7. The van der Waals surface area contributed by atoms with E-state index in [0.29, 0.717) is 52.5 Å². The maximum absolute atomic E-state index is 12.7. The Bertz CT molecular complexity index is 1320. The monoisotopic (exact) mass is 604 g/mol. The summed E-state index contributed by atoms with van der Waals surface area (Å²) in [5, 5.41) is 3.66. The highest BCUT2D eigenvalue weighted by molar-refractivity contribution is 9.10. The molecule has 2 aromatic heterocycles. The molecule has 1 aromatic carbocycles. The van der Waals surface area contributed by atoms with Crippen molar-refractivity contribution in [3.05, 3.63) is 22.9 Å². The third-order valence-electron chi connectivity index (χ3n) is 6.70. The number of aromatic nitrogens is 4. The van der Waals surface area contributed by atoms with Crippen molar-refractivity contribution >= 4 is 50.8 Å². The summed E-state index contributed by atoms with van der Waals surface area (Å²) in [5.74, 6) is 2.03. The van der Waals surface area contributed by atoms with Crippen molar-refractivity contribution in [1.29, 1.82) is 0 Å². The molecule has 5 rings (SSSR count). The summed E-state index contributed by atoms with van der Waals surface area (Å²) in [5.41, 5.74) is 7.00. The molecule has 1 atom stereocenters. The number of carbonyl (C=O) groups is 1. The molecule has 0 radical (unpaired) electrons. The average Bonchev–Trinajstić information content (AvgIpc) is 3.46. The van der Waals surface area contributed by atoms with Gasteiger partial charge in [0.05, 0.1) is 0 Å². The molecule has 204 valence electrons. The summed E-state index contributed by atoms with van der Waals surface area (Å²) in [7, 11) is 0. The third kappa shape index (κ3) is 6.12. The van der Waals surface area contributed by atoms with Gasteiger partial charge in [0.2, 0.25) is 6.79 Å². The highest BCUT2D eigenvalue weighted by atomic mass is 79.9. The van der Waals surface area contributed by atoms with Gasteiger partial charge in [-0.3, -0.25) is 0 Å². The molecule has 0 bridgehead atoms. The molecule has 0 saturated heterocycles. The van der Waals surface area contributed by atoms with E-state index in [1.54, 1.807) is 0 Å². The fourth-order valence-corrected chi connectivity index (χ4v) is 6.42. The van der Waals surface area contributed by atoms with E-state index in [1.165, 1.54) is 24.5 Å². The van der Waals surface area contributed by atoms with Crippen LogP contribution in [0.4, 0.5) is 10.6 Å². The minimum absolute atomic E-state index is 0.200. The molecule has 3 N–H and O–H groups in total. The molecule has 3 heterocycles. The number of nitrogens with zero attached hydrogens (tertiary/aromatic N) is 4. The van der Waals surface area contributed by atoms with Crippen LogP contribution in [0, 0.1) is 5.92 Å². The Morgan fingerprint density at radius 3 is 2.71 bits per heavy atom. The topological polar surface area (TPSA) is 126 Å². The van der Waals surface area contributed by atoms with E-state index in [9.17, 15) is 4.79 Å². The van der Waals surface area contributed by atoms with Crippen LogP contribution in [0.15, 0.2) is 33.0 Å². The van der Waals surface area contributed by atoms with Gasteiger partial charge in [0.15, 0.2) is 33.6 Å². The zero-order chi connectivity index (χ0) is 26.9. The number of rotatable bonds is 7. The number of ether oxygens (including phenoxy) is 3. The maximum atomic E-state index is 12.7. The van der Waals surface area contributed by atoms with Gasteiger partial charge in [0.1, 0.15) is 12.4 Å². The Hall–Kier alpha value is -2.73. The highest BCUT2D eigenvalue weighted by Gasteiger charge is 2.29. The summed E-state index contributed by atoms with van der Waals surface area (Å²) in [6.07, 6.45) is 7.13. The highest BCUT2D eigenvalue weighted by Crippen LogP contribution is 2.43. The summed E-state index contributed by atoms with van der Waals surface area (Å²) in [6.45, 7) is 6.60. The first-order valence-electron chi connectivity index (χ1n) is 12.9. The van der Waals surface area contributed by atoms with Crippen LogP contribution in [-0.4, -0.2) is 44.0 Å². The van der Waals surface area contributed by atoms with E-state index in [4.69, 9.17) is 24.9 Å². The van der Waals surface area contributed by atoms with Gasteiger partial charge in [-0.05, 0) is 67.6 Å². The zero-order valence-electron chi connectivity index (χ0n) is 21.8. The number of amides is 1. The molecule has 1 aliphatic carbocycles. The van der Waals surface area contributed by atoms with E-state index in [1.807, 2.05) is 37.5 Å². The number of nitrogens with one attached hydrogen (secondary N) is 1. The number of nitrogens with two attached hydrogens (primary N) is 1. The molecule has 38 heavy (non-hydrogen) atoms. The largest absolute Gasteiger partial charge is 0.454 e. The van der Waals surface area contributed by atoms with E-state index in [-0.39, 0.29) is 24.5 Å². The minimum Gasteiger partial charge on any atom is -0.454 e. The van der Waals surface area contributed by atoms with Gasteiger partial charge in [-0.15, -0.1) is 0 Å². The van der Waals surface area contributed by atoms with E-state index in [2.05, 4.69) is 31.2 Å². The van der Waals surface area contributed by atoms with Gasteiger partial charge >= 0.3 is 6.09 Å². The van der Waals surface area contributed by atoms with Gasteiger partial charge in [-0.2, -0.15) is 0 Å². The second-order valence-corrected chi connectivity index (χ2v) is 12.6. The van der Waals surface area contributed by atoms with Crippen molar-refractivity contribution < 1.29 is 19.0 Å². The number of alkyl carbamates (subject to hydrolysis) is 1. The summed E-state index contributed by atoms with van der Waals surface area (Å²) in [4.78, 5) is 27.1. The standard InChI is InChI=1S/C26H33BrN6O4S/c1-26(2,3)32-25(34)37-17(15-7-5-4-6-8-15)9-10-33-23-21(22(28)29-13-30-23)31-24(33)38-20-12-19-18(11-16(20)27)35-14-36-19/h11-13,15,17H,4-10,14H2,1-3H3,(H,32,34)(H2,28,29,30). The number of nitrogen functional groups attached to an aromatic ring is 1. The van der Waals surface area contributed by atoms with Crippen LogP contribution >= 0.6 is 27.7 Å². The summed E-state index contributed by atoms with van der Waals surface area (Å²) < 4.78 is 20.0. The van der Waals surface area contributed by atoms with Crippen LogP contribution in [0.25, 0.3) is 11.2 Å². The van der Waals surface area contributed by atoms with Crippen LogP contribution in [-0.2, 0) is 11.3 Å². The normalized spacial score (nSPS) is 16.5. The van der Waals surface area contributed by atoms with E-state index in [0.717, 1.165) is 35.1 Å². The number of imidazole rings is 1. The molecule has 0 spiro atoms. The van der Waals surface area contributed by atoms with Crippen LogP contribution in [0.5, 0.6) is 11.5 Å². The van der Waals surface area contributed by atoms with Gasteiger partial charge in [-0.1, -0.05) is 31.0 Å². The van der Waals surface area contributed by atoms with Crippen LogP contribution in [0.2, 0.25) is 0 Å². The number of carbonyl (C=O) groups excluding carboxylic acids is 1. The quantitative estimate of drug-likeness (QED) is 0.338. The molecule has 1 saturated carbocycles. The van der Waals surface area contributed by atoms with Crippen LogP contribution in [0.1, 0.15) is 59.3 Å². The van der Waals surface area contributed by atoms with Crippen molar-refractivity contribution in [2.75, 3.05) is 12.5 Å². The SMILES string of the molecule is CC(C)(C)NC(=O)OC(CCn1c(Sc2cc3c(cc2Br)OCO3)nc2c(N)ncnc21)C1CCCCC1. The fourth-order valence-electron chi connectivity index (χ4n) is 4.91. The first-order chi connectivity index (χ1) is 18.2. The number of halogens is 1. The first kappa shape index (κ1) is 26.9. The molecular weight excluding hydrogens is 572 g/mol. The van der Waals surface area contributed by atoms with Crippen molar-refractivity contribution in [3.63, 3.8) is 0 Å². The van der Waals surface area contributed by atoms with Crippen molar-refractivity contribution in [2.45, 2.75) is 87.5 Å². The number of hydrogen-bond donors (Lipinski definition) is 2. The maximum Gasteiger partial charge on any atom is 0.407 e. The predicted molar refractivity (Wildman–Crippen MR) is 148 cm³/mol. The van der Waals surface area contributed by atoms with Gasteiger partial charge in [-0.25, -0.2) is 19.7 Å². The number of hydrogen-bond acceptors (Lipinski definition) is 9. The van der Waals surface area contributed by atoms with Crippen molar-refractivity contribution in [1.82, 2.24) is 24.8 Å². The van der Waals surface area contributed by atoms with Gasteiger partial charge < -0.3 is 29.8 Å². The molecule has 12 heteroatoms. The predicted octanol–water partition coefficient (Wildman–Crippen LogP) is 5.91. The minimum atomic E-state index is -0.381. The Kier molecular flexibility index (Phi) is 7.90. The molecule has 1 aliphatic heterocycles. The molecule has 1 fully saturated rings. The van der Waals surface area contributed by atoms with Crippen molar-refractivity contribution in [2.24, 2.45) is 5.92 Å². The van der Waals surface area contributed by atoms with Gasteiger partial charge in [0.25, 0.3) is 0 Å².